The zero-order chi connectivity index (χ0) is 14.3. The van der Waals surface area contributed by atoms with E-state index >= 15 is 0 Å². The molecule has 0 heterocycles. The van der Waals surface area contributed by atoms with E-state index in [4.69, 9.17) is 4.74 Å². The van der Waals surface area contributed by atoms with Crippen molar-refractivity contribution in [3.63, 3.8) is 0 Å². The first kappa shape index (κ1) is 14.1. The van der Waals surface area contributed by atoms with Gasteiger partial charge in [-0.15, -0.1) is 0 Å². The average Bonchev–Trinajstić information content (AvgIpc) is 2.77. The highest BCUT2D eigenvalue weighted by atomic mass is 127. The second kappa shape index (κ2) is 5.17. The maximum Gasteiger partial charge on any atom is 0.158 e. The number of hydrogen-bond acceptors (Lipinski definition) is 2. The molecule has 2 nitrogen and oxygen atoms in total. The first-order chi connectivity index (χ1) is 9.61. The van der Waals surface area contributed by atoms with Gasteiger partial charge in [-0.2, -0.15) is 0 Å². The van der Waals surface area contributed by atoms with Crippen molar-refractivity contribution in [2.45, 2.75) is 32.6 Å². The van der Waals surface area contributed by atoms with Crippen LogP contribution in [0.15, 0.2) is 23.8 Å². The molecule has 0 aromatic heterocycles. The van der Waals surface area contributed by atoms with Crippen LogP contribution in [0, 0.1) is 5.41 Å². The fourth-order valence-corrected chi connectivity index (χ4v) is 4.87. The Balaban J connectivity index is 2.18. The van der Waals surface area contributed by atoms with Gasteiger partial charge in [-0.1, -0.05) is 28.7 Å². The molecule has 0 fully saturated rings. The molecular weight excluding hydrogens is 363 g/mol. The molecule has 1 atom stereocenters. The second-order valence-corrected chi connectivity index (χ2v) is 6.92. The zero-order valence-electron chi connectivity index (χ0n) is 12.0. The number of ether oxygens (including phenoxy) is 1. The summed E-state index contributed by atoms with van der Waals surface area (Å²) in [5.74, 6) is 1.24. The third-order valence-corrected chi connectivity index (χ3v) is 5.38. The molecule has 3 heteroatoms. The Morgan fingerprint density at radius 3 is 2.90 bits per heavy atom. The van der Waals surface area contributed by atoms with Crippen molar-refractivity contribution < 1.29 is 9.53 Å². The fourth-order valence-electron chi connectivity index (χ4n) is 3.84. The Morgan fingerprint density at radius 1 is 1.40 bits per heavy atom. The molecule has 3 rings (SSSR count). The van der Waals surface area contributed by atoms with Crippen LogP contribution in [0.5, 0.6) is 5.75 Å². The van der Waals surface area contributed by atoms with Crippen molar-refractivity contribution in [3.8, 4) is 5.75 Å². The number of rotatable bonds is 3. The van der Waals surface area contributed by atoms with E-state index in [1.54, 1.807) is 7.11 Å². The van der Waals surface area contributed by atoms with Gasteiger partial charge in [0, 0.05) is 16.3 Å². The molecule has 106 valence electrons. The summed E-state index contributed by atoms with van der Waals surface area (Å²) in [6.45, 7) is 2.01. The van der Waals surface area contributed by atoms with Crippen LogP contribution in [0.4, 0.5) is 0 Å². The van der Waals surface area contributed by atoms with E-state index in [2.05, 4.69) is 34.7 Å². The number of carbonyl (C=O) groups is 1. The van der Waals surface area contributed by atoms with Gasteiger partial charge in [-0.05, 0) is 60.6 Å². The molecule has 2 aliphatic rings. The maximum absolute atomic E-state index is 12.1. The Morgan fingerprint density at radius 2 is 2.20 bits per heavy atom. The van der Waals surface area contributed by atoms with Crippen LogP contribution in [-0.4, -0.2) is 17.3 Å². The number of carbonyl (C=O) groups excluding carboxylic acids is 1. The summed E-state index contributed by atoms with van der Waals surface area (Å²) in [6.07, 6.45) is 3.92. The Kier molecular flexibility index (Phi) is 3.65. The first-order valence-corrected chi connectivity index (χ1v) is 8.62. The Hall–Kier alpha value is -0.840. The Labute approximate surface area is 133 Å². The highest BCUT2D eigenvalue weighted by molar-refractivity contribution is 14.1. The molecule has 1 aromatic rings. The van der Waals surface area contributed by atoms with Crippen LogP contribution in [0.25, 0.3) is 5.57 Å². The number of benzene rings is 1. The van der Waals surface area contributed by atoms with Crippen LogP contribution in [0.2, 0.25) is 0 Å². The van der Waals surface area contributed by atoms with Gasteiger partial charge >= 0.3 is 0 Å². The molecule has 0 bridgehead atoms. The minimum Gasteiger partial charge on any atom is -0.497 e. The number of fused-ring (bicyclic) bond motifs is 3. The topological polar surface area (TPSA) is 26.3 Å². The van der Waals surface area contributed by atoms with Crippen molar-refractivity contribution in [1.29, 1.82) is 0 Å². The number of methoxy groups -OCH3 is 1. The van der Waals surface area contributed by atoms with Gasteiger partial charge < -0.3 is 4.74 Å². The number of allylic oxidation sites excluding steroid dienone is 2. The lowest BCUT2D eigenvalue weighted by atomic mass is 9.68. The first-order valence-electron chi connectivity index (χ1n) is 7.09. The lowest BCUT2D eigenvalue weighted by Crippen LogP contribution is -2.28. The van der Waals surface area contributed by atoms with Crippen LogP contribution in [0.3, 0.4) is 0 Å². The van der Waals surface area contributed by atoms with Gasteiger partial charge in [0.05, 0.1) is 7.11 Å². The largest absolute Gasteiger partial charge is 0.497 e. The highest BCUT2D eigenvalue weighted by Gasteiger charge is 2.45. The SMILES string of the molecule is COc1ccc2c(c1)CC1(CCI)CCC(=O)C(C)=C21. The van der Waals surface area contributed by atoms with Crippen molar-refractivity contribution in [1.82, 2.24) is 0 Å². The summed E-state index contributed by atoms with van der Waals surface area (Å²) < 4.78 is 6.48. The van der Waals surface area contributed by atoms with Crippen LogP contribution >= 0.6 is 22.6 Å². The minimum absolute atomic E-state index is 0.188. The zero-order valence-corrected chi connectivity index (χ0v) is 14.1. The van der Waals surface area contributed by atoms with Gasteiger partial charge in [0.15, 0.2) is 5.78 Å². The number of halogens is 1. The van der Waals surface area contributed by atoms with Crippen molar-refractivity contribution in [2.24, 2.45) is 5.41 Å². The standard InChI is InChI=1S/C17H19IO2/c1-11-15(19)5-6-17(7-8-18)10-12-9-13(20-2)3-4-14(12)16(11)17/h3-4,9H,5-8,10H2,1-2H3. The number of alkyl halides is 1. The molecule has 1 aromatic carbocycles. The lowest BCUT2D eigenvalue weighted by molar-refractivity contribution is -0.116. The molecule has 0 N–H and O–H groups in total. The van der Waals surface area contributed by atoms with Gasteiger partial charge in [0.25, 0.3) is 0 Å². The maximum atomic E-state index is 12.1. The minimum atomic E-state index is 0.188. The second-order valence-electron chi connectivity index (χ2n) is 5.84. The predicted molar refractivity (Wildman–Crippen MR) is 89.5 cm³/mol. The quantitative estimate of drug-likeness (QED) is 0.579. The third kappa shape index (κ3) is 2.01. The smallest absolute Gasteiger partial charge is 0.158 e. The summed E-state index contributed by atoms with van der Waals surface area (Å²) in [5.41, 5.74) is 5.13. The molecule has 0 amide bonds. The summed E-state index contributed by atoms with van der Waals surface area (Å²) in [6, 6.07) is 6.30. The normalized spacial score (nSPS) is 24.6. The van der Waals surface area contributed by atoms with E-state index < -0.39 is 0 Å². The van der Waals surface area contributed by atoms with Crippen molar-refractivity contribution >= 4 is 33.9 Å². The molecular formula is C17H19IO2. The summed E-state index contributed by atoms with van der Waals surface area (Å²) in [4.78, 5) is 12.1. The van der Waals surface area contributed by atoms with E-state index in [1.807, 2.05) is 13.0 Å². The monoisotopic (exact) mass is 382 g/mol. The van der Waals surface area contributed by atoms with Crippen LogP contribution < -0.4 is 4.74 Å². The van der Waals surface area contributed by atoms with Crippen molar-refractivity contribution in [3.05, 3.63) is 34.9 Å². The van der Waals surface area contributed by atoms with Crippen LogP contribution in [0.1, 0.15) is 37.3 Å². The fraction of sp³-hybridized carbons (Fsp3) is 0.471. The van der Waals surface area contributed by atoms with E-state index in [0.717, 1.165) is 35.0 Å². The molecule has 0 saturated carbocycles. The molecule has 20 heavy (non-hydrogen) atoms. The summed E-state index contributed by atoms with van der Waals surface area (Å²) in [7, 11) is 1.71. The molecule has 2 aliphatic carbocycles. The molecule has 0 aliphatic heterocycles. The van der Waals surface area contributed by atoms with Crippen molar-refractivity contribution in [2.75, 3.05) is 11.5 Å². The van der Waals surface area contributed by atoms with Gasteiger partial charge in [0.2, 0.25) is 0 Å². The molecule has 1 unspecified atom stereocenters. The summed E-state index contributed by atoms with van der Waals surface area (Å²) >= 11 is 2.45. The van der Waals surface area contributed by atoms with Gasteiger partial charge in [0.1, 0.15) is 5.75 Å². The molecule has 0 radical (unpaired) electrons. The Bertz CT molecular complexity index is 603. The van der Waals surface area contributed by atoms with E-state index in [9.17, 15) is 4.79 Å². The predicted octanol–water partition coefficient (Wildman–Crippen LogP) is 4.20. The molecule has 0 spiro atoms. The average molecular weight is 382 g/mol. The van der Waals surface area contributed by atoms with E-state index in [0.29, 0.717) is 12.2 Å². The van der Waals surface area contributed by atoms with Gasteiger partial charge in [-0.25, -0.2) is 0 Å². The number of hydrogen-bond donors (Lipinski definition) is 0. The van der Waals surface area contributed by atoms with Crippen LogP contribution in [-0.2, 0) is 11.2 Å². The summed E-state index contributed by atoms with van der Waals surface area (Å²) in [5, 5.41) is 0. The number of ketones is 1. The lowest BCUT2D eigenvalue weighted by Gasteiger charge is -2.35. The highest BCUT2D eigenvalue weighted by Crippen LogP contribution is 2.56. The van der Waals surface area contributed by atoms with Gasteiger partial charge in [-0.3, -0.25) is 4.79 Å². The third-order valence-electron chi connectivity index (χ3n) is 4.84. The van der Waals surface area contributed by atoms with E-state index in [1.165, 1.54) is 16.7 Å². The number of Topliss-reactive ketones (excluding diaryl/α,β-unsaturated/α-hetero) is 1. The van der Waals surface area contributed by atoms with E-state index in [-0.39, 0.29) is 5.41 Å². The molecule has 0 saturated heterocycles.